The minimum atomic E-state index is 0.0592. The maximum atomic E-state index is 12.1. The molecule has 1 saturated heterocycles. The number of carbonyl (C=O) groups is 1. The fourth-order valence-corrected chi connectivity index (χ4v) is 1.65. The summed E-state index contributed by atoms with van der Waals surface area (Å²) < 4.78 is 6.92. The van der Waals surface area contributed by atoms with Crippen molar-refractivity contribution in [3.8, 4) is 0 Å². The predicted octanol–water partition coefficient (Wildman–Crippen LogP) is 0.201. The van der Waals surface area contributed by atoms with Gasteiger partial charge in [-0.2, -0.15) is 5.10 Å². The second kappa shape index (κ2) is 4.02. The van der Waals surface area contributed by atoms with Gasteiger partial charge < -0.3 is 9.64 Å². The van der Waals surface area contributed by atoms with Crippen LogP contribution in [0, 0.1) is 6.92 Å². The fourth-order valence-electron chi connectivity index (χ4n) is 1.65. The Morgan fingerprint density at radius 3 is 2.67 bits per heavy atom. The molecule has 0 spiro atoms. The van der Waals surface area contributed by atoms with Crippen LogP contribution in [0.3, 0.4) is 0 Å². The molecular formula is C10H15N3O2. The highest BCUT2D eigenvalue weighted by Crippen LogP contribution is 2.10. The lowest BCUT2D eigenvalue weighted by Gasteiger charge is -2.26. The zero-order chi connectivity index (χ0) is 10.8. The van der Waals surface area contributed by atoms with E-state index in [0.29, 0.717) is 31.9 Å². The van der Waals surface area contributed by atoms with Gasteiger partial charge in [0.15, 0.2) is 0 Å². The van der Waals surface area contributed by atoms with Gasteiger partial charge in [-0.15, -0.1) is 0 Å². The van der Waals surface area contributed by atoms with Crippen LogP contribution >= 0.6 is 0 Å². The molecular weight excluding hydrogens is 194 g/mol. The zero-order valence-electron chi connectivity index (χ0n) is 9.06. The molecule has 0 bridgehead atoms. The maximum absolute atomic E-state index is 12.1. The number of aryl methyl sites for hydroxylation is 1. The Bertz CT molecular complexity index is 367. The van der Waals surface area contributed by atoms with Crippen LogP contribution in [0.2, 0.25) is 0 Å². The smallest absolute Gasteiger partial charge is 0.257 e. The van der Waals surface area contributed by atoms with E-state index >= 15 is 0 Å². The van der Waals surface area contributed by atoms with Crippen LogP contribution in [0.15, 0.2) is 6.20 Å². The van der Waals surface area contributed by atoms with Gasteiger partial charge in [-0.05, 0) is 6.92 Å². The van der Waals surface area contributed by atoms with Crippen LogP contribution in [-0.2, 0) is 11.8 Å². The van der Waals surface area contributed by atoms with Gasteiger partial charge >= 0.3 is 0 Å². The van der Waals surface area contributed by atoms with E-state index in [1.807, 2.05) is 18.9 Å². The van der Waals surface area contributed by atoms with Crippen molar-refractivity contribution in [3.05, 3.63) is 17.5 Å². The third kappa shape index (κ3) is 1.87. The number of aromatic nitrogens is 2. The summed E-state index contributed by atoms with van der Waals surface area (Å²) in [5.74, 6) is 0.0592. The average Bonchev–Trinajstić information content (AvgIpc) is 2.60. The number of hydrogen-bond acceptors (Lipinski definition) is 3. The van der Waals surface area contributed by atoms with Crippen molar-refractivity contribution in [2.75, 3.05) is 26.3 Å². The van der Waals surface area contributed by atoms with E-state index in [1.165, 1.54) is 0 Å². The molecule has 1 aliphatic heterocycles. The van der Waals surface area contributed by atoms with Crippen LogP contribution in [0.1, 0.15) is 16.1 Å². The third-order valence-electron chi connectivity index (χ3n) is 2.76. The number of rotatable bonds is 1. The average molecular weight is 209 g/mol. The van der Waals surface area contributed by atoms with Crippen molar-refractivity contribution >= 4 is 5.91 Å². The molecule has 0 aromatic carbocycles. The Morgan fingerprint density at radius 1 is 1.47 bits per heavy atom. The number of carbonyl (C=O) groups excluding carboxylic acids is 1. The number of ether oxygens (including phenoxy) is 1. The second-order valence-corrected chi connectivity index (χ2v) is 3.67. The predicted molar refractivity (Wildman–Crippen MR) is 54.7 cm³/mol. The molecule has 0 saturated carbocycles. The molecule has 0 unspecified atom stereocenters. The molecule has 0 radical (unpaired) electrons. The maximum Gasteiger partial charge on any atom is 0.257 e. The van der Waals surface area contributed by atoms with Crippen molar-refractivity contribution < 1.29 is 9.53 Å². The molecule has 1 fully saturated rings. The second-order valence-electron chi connectivity index (χ2n) is 3.67. The van der Waals surface area contributed by atoms with Crippen molar-refractivity contribution in [2.45, 2.75) is 6.92 Å². The Kier molecular flexibility index (Phi) is 2.73. The topological polar surface area (TPSA) is 47.4 Å². The van der Waals surface area contributed by atoms with Crippen molar-refractivity contribution in [3.63, 3.8) is 0 Å². The number of morpholine rings is 1. The Hall–Kier alpha value is -1.36. The molecule has 1 amide bonds. The summed E-state index contributed by atoms with van der Waals surface area (Å²) in [6.07, 6.45) is 1.63. The number of hydrogen-bond donors (Lipinski definition) is 0. The van der Waals surface area contributed by atoms with Gasteiger partial charge in [-0.3, -0.25) is 9.48 Å². The van der Waals surface area contributed by atoms with Crippen molar-refractivity contribution in [2.24, 2.45) is 7.05 Å². The first kappa shape index (κ1) is 10.2. The molecule has 15 heavy (non-hydrogen) atoms. The van der Waals surface area contributed by atoms with Gasteiger partial charge in [0, 0.05) is 25.8 Å². The van der Waals surface area contributed by atoms with Gasteiger partial charge in [0.1, 0.15) is 0 Å². The summed E-state index contributed by atoms with van der Waals surface area (Å²) >= 11 is 0. The first-order chi connectivity index (χ1) is 7.20. The number of amides is 1. The van der Waals surface area contributed by atoms with Gasteiger partial charge in [0.2, 0.25) is 0 Å². The molecule has 0 atom stereocenters. The standard InChI is InChI=1S/C10H15N3O2/c1-8-9(7-11-12(8)2)10(14)13-3-5-15-6-4-13/h7H,3-6H2,1-2H3. The summed E-state index contributed by atoms with van der Waals surface area (Å²) in [4.78, 5) is 13.9. The molecule has 1 aliphatic rings. The van der Waals surface area contributed by atoms with E-state index < -0.39 is 0 Å². The van der Waals surface area contributed by atoms with Gasteiger partial charge in [0.25, 0.3) is 5.91 Å². The van der Waals surface area contributed by atoms with E-state index in [9.17, 15) is 4.79 Å². The highest BCUT2D eigenvalue weighted by molar-refractivity contribution is 5.95. The first-order valence-electron chi connectivity index (χ1n) is 5.06. The van der Waals surface area contributed by atoms with Gasteiger partial charge in [-0.1, -0.05) is 0 Å². The Morgan fingerprint density at radius 2 is 2.13 bits per heavy atom. The fraction of sp³-hybridized carbons (Fsp3) is 0.600. The molecule has 0 aliphatic carbocycles. The molecule has 5 nitrogen and oxygen atoms in total. The zero-order valence-corrected chi connectivity index (χ0v) is 9.06. The van der Waals surface area contributed by atoms with Crippen molar-refractivity contribution in [1.29, 1.82) is 0 Å². The molecule has 2 rings (SSSR count). The normalized spacial score (nSPS) is 16.8. The molecule has 1 aromatic rings. The quantitative estimate of drug-likeness (QED) is 0.664. The monoisotopic (exact) mass is 209 g/mol. The highest BCUT2D eigenvalue weighted by Gasteiger charge is 2.21. The van der Waals surface area contributed by atoms with Crippen LogP contribution in [0.5, 0.6) is 0 Å². The molecule has 0 N–H and O–H groups in total. The first-order valence-corrected chi connectivity index (χ1v) is 5.06. The van der Waals surface area contributed by atoms with Gasteiger partial charge in [-0.25, -0.2) is 0 Å². The lowest BCUT2D eigenvalue weighted by Crippen LogP contribution is -2.40. The number of nitrogens with zero attached hydrogens (tertiary/aromatic N) is 3. The SMILES string of the molecule is Cc1c(C(=O)N2CCOCC2)cnn1C. The van der Waals surface area contributed by atoms with E-state index in [0.717, 1.165) is 5.69 Å². The summed E-state index contributed by atoms with van der Waals surface area (Å²) in [5.41, 5.74) is 1.60. The van der Waals surface area contributed by atoms with E-state index in [2.05, 4.69) is 5.10 Å². The summed E-state index contributed by atoms with van der Waals surface area (Å²) in [6, 6.07) is 0. The van der Waals surface area contributed by atoms with Crippen LogP contribution in [0.25, 0.3) is 0 Å². The largest absolute Gasteiger partial charge is 0.378 e. The minimum Gasteiger partial charge on any atom is -0.378 e. The van der Waals surface area contributed by atoms with Gasteiger partial charge in [0.05, 0.1) is 25.0 Å². The molecule has 1 aromatic heterocycles. The van der Waals surface area contributed by atoms with E-state index in [-0.39, 0.29) is 5.91 Å². The van der Waals surface area contributed by atoms with E-state index in [4.69, 9.17) is 4.74 Å². The third-order valence-corrected chi connectivity index (χ3v) is 2.76. The highest BCUT2D eigenvalue weighted by atomic mass is 16.5. The lowest BCUT2D eigenvalue weighted by molar-refractivity contribution is 0.0302. The minimum absolute atomic E-state index is 0.0592. The Labute approximate surface area is 88.6 Å². The lowest BCUT2D eigenvalue weighted by atomic mass is 10.2. The van der Waals surface area contributed by atoms with Crippen molar-refractivity contribution in [1.82, 2.24) is 14.7 Å². The summed E-state index contributed by atoms with van der Waals surface area (Å²) in [5, 5.41) is 4.07. The summed E-state index contributed by atoms with van der Waals surface area (Å²) in [6.45, 7) is 4.51. The van der Waals surface area contributed by atoms with Crippen LogP contribution < -0.4 is 0 Å². The molecule has 5 heteroatoms. The Balaban J connectivity index is 2.16. The summed E-state index contributed by atoms with van der Waals surface area (Å²) in [7, 11) is 1.84. The molecule has 82 valence electrons. The van der Waals surface area contributed by atoms with E-state index in [1.54, 1.807) is 10.9 Å². The molecule has 2 heterocycles. The van der Waals surface area contributed by atoms with Crippen LogP contribution in [-0.4, -0.2) is 46.9 Å². The van der Waals surface area contributed by atoms with Crippen LogP contribution in [0.4, 0.5) is 0 Å².